The zero-order valence-electron chi connectivity index (χ0n) is 15.2. The van der Waals surface area contributed by atoms with Crippen LogP contribution in [0.4, 0.5) is 22.0 Å². The maximum atomic E-state index is 13.5. The Morgan fingerprint density at radius 2 is 1.80 bits per heavy atom. The molecular formula is C20H13ClF5N3O. The maximum absolute atomic E-state index is 13.5. The quantitative estimate of drug-likeness (QED) is 0.524. The summed E-state index contributed by atoms with van der Waals surface area (Å²) in [5.41, 5.74) is 0.0789. The number of alkyl halides is 3. The predicted octanol–water partition coefficient (Wildman–Crippen LogP) is 5.02. The average Bonchev–Trinajstić information content (AvgIpc) is 3.09. The lowest BCUT2D eigenvalue weighted by Gasteiger charge is -2.28. The molecule has 0 bridgehead atoms. The fourth-order valence-electron chi connectivity index (χ4n) is 3.47. The molecular weight excluding hydrogens is 429 g/mol. The van der Waals surface area contributed by atoms with Crippen LogP contribution in [0.3, 0.4) is 0 Å². The highest BCUT2D eigenvalue weighted by Crippen LogP contribution is 2.37. The highest BCUT2D eigenvalue weighted by molar-refractivity contribution is 6.34. The number of amides is 1. The van der Waals surface area contributed by atoms with Crippen LogP contribution in [-0.2, 0) is 19.1 Å². The molecule has 0 unspecified atom stereocenters. The van der Waals surface area contributed by atoms with Crippen LogP contribution in [0.15, 0.2) is 42.7 Å². The van der Waals surface area contributed by atoms with Gasteiger partial charge in [-0.15, -0.1) is 0 Å². The lowest BCUT2D eigenvalue weighted by Crippen LogP contribution is -2.36. The van der Waals surface area contributed by atoms with Crippen molar-refractivity contribution in [2.24, 2.45) is 0 Å². The van der Waals surface area contributed by atoms with Gasteiger partial charge < -0.3 is 9.47 Å². The summed E-state index contributed by atoms with van der Waals surface area (Å²) in [5, 5.41) is -0.651. The SMILES string of the molecule is O=C(c1cccc(C(F)(F)F)c1Cl)N1CCc2c(ncn2-c2cc(F)cc(F)c2)C1. The number of benzene rings is 2. The van der Waals surface area contributed by atoms with Gasteiger partial charge in [0.15, 0.2) is 0 Å². The van der Waals surface area contributed by atoms with Gasteiger partial charge >= 0.3 is 6.18 Å². The first-order valence-electron chi connectivity index (χ1n) is 8.81. The van der Waals surface area contributed by atoms with Gasteiger partial charge in [0.05, 0.1) is 40.4 Å². The Balaban J connectivity index is 1.62. The molecule has 10 heteroatoms. The second-order valence-electron chi connectivity index (χ2n) is 6.78. The van der Waals surface area contributed by atoms with Gasteiger partial charge in [0.2, 0.25) is 0 Å². The summed E-state index contributed by atoms with van der Waals surface area (Å²) in [7, 11) is 0. The van der Waals surface area contributed by atoms with E-state index in [1.165, 1.54) is 21.9 Å². The summed E-state index contributed by atoms with van der Waals surface area (Å²) in [6.07, 6.45) is -2.98. The Hall–Kier alpha value is -2.94. The topological polar surface area (TPSA) is 38.1 Å². The van der Waals surface area contributed by atoms with E-state index in [0.29, 0.717) is 17.8 Å². The van der Waals surface area contributed by atoms with Crippen LogP contribution in [0.2, 0.25) is 5.02 Å². The molecule has 1 aliphatic rings. The smallest absolute Gasteiger partial charge is 0.332 e. The number of carbonyl (C=O) groups is 1. The first-order valence-corrected chi connectivity index (χ1v) is 9.19. The molecule has 0 fully saturated rings. The summed E-state index contributed by atoms with van der Waals surface area (Å²) in [6.45, 7) is 0.216. The van der Waals surface area contributed by atoms with Crippen molar-refractivity contribution in [3.63, 3.8) is 0 Å². The molecule has 0 spiro atoms. The van der Waals surface area contributed by atoms with Crippen molar-refractivity contribution in [3.05, 3.63) is 81.9 Å². The van der Waals surface area contributed by atoms with E-state index < -0.39 is 34.3 Å². The van der Waals surface area contributed by atoms with Gasteiger partial charge in [-0.2, -0.15) is 13.2 Å². The highest BCUT2D eigenvalue weighted by Gasteiger charge is 2.36. The molecule has 0 atom stereocenters. The van der Waals surface area contributed by atoms with Gasteiger partial charge in [0.1, 0.15) is 11.6 Å². The molecule has 1 amide bonds. The number of imidazole rings is 1. The van der Waals surface area contributed by atoms with Crippen LogP contribution >= 0.6 is 11.6 Å². The third kappa shape index (κ3) is 3.65. The molecule has 0 aliphatic carbocycles. The van der Waals surface area contributed by atoms with Crippen molar-refractivity contribution in [2.75, 3.05) is 6.54 Å². The Bertz CT molecular complexity index is 1120. The first-order chi connectivity index (χ1) is 14.1. The number of hydrogen-bond donors (Lipinski definition) is 0. The number of hydrogen-bond acceptors (Lipinski definition) is 2. The molecule has 1 aromatic heterocycles. The lowest BCUT2D eigenvalue weighted by atomic mass is 10.1. The summed E-state index contributed by atoms with van der Waals surface area (Å²) in [4.78, 5) is 18.4. The molecule has 1 aliphatic heterocycles. The second kappa shape index (κ2) is 7.39. The summed E-state index contributed by atoms with van der Waals surface area (Å²) in [5.74, 6) is -2.12. The van der Waals surface area contributed by atoms with E-state index in [-0.39, 0.29) is 24.3 Å². The predicted molar refractivity (Wildman–Crippen MR) is 98.4 cm³/mol. The number of rotatable bonds is 2. The molecule has 3 aromatic rings. The van der Waals surface area contributed by atoms with Crippen LogP contribution in [0.25, 0.3) is 5.69 Å². The van der Waals surface area contributed by atoms with Crippen LogP contribution in [-0.4, -0.2) is 26.9 Å². The van der Waals surface area contributed by atoms with Gasteiger partial charge in [-0.25, -0.2) is 13.8 Å². The number of carbonyl (C=O) groups excluding carboxylic acids is 1. The van der Waals surface area contributed by atoms with E-state index in [9.17, 15) is 26.7 Å². The van der Waals surface area contributed by atoms with Gasteiger partial charge in [0, 0.05) is 24.7 Å². The van der Waals surface area contributed by atoms with Crippen LogP contribution in [0.1, 0.15) is 27.3 Å². The van der Waals surface area contributed by atoms with E-state index in [1.807, 2.05) is 0 Å². The monoisotopic (exact) mass is 441 g/mol. The van der Waals surface area contributed by atoms with Crippen molar-refractivity contribution in [1.82, 2.24) is 14.5 Å². The molecule has 4 rings (SSSR count). The zero-order chi connectivity index (χ0) is 21.6. The van der Waals surface area contributed by atoms with E-state index in [0.717, 1.165) is 30.3 Å². The van der Waals surface area contributed by atoms with E-state index in [2.05, 4.69) is 4.98 Å². The molecule has 0 radical (unpaired) electrons. The fraction of sp³-hybridized carbons (Fsp3) is 0.200. The van der Waals surface area contributed by atoms with Gasteiger partial charge in [-0.1, -0.05) is 17.7 Å². The normalized spacial score (nSPS) is 14.0. The van der Waals surface area contributed by atoms with Crippen molar-refractivity contribution < 1.29 is 26.7 Å². The summed E-state index contributed by atoms with van der Waals surface area (Å²) < 4.78 is 67.8. The Morgan fingerprint density at radius 1 is 1.10 bits per heavy atom. The van der Waals surface area contributed by atoms with Crippen molar-refractivity contribution >= 4 is 17.5 Å². The van der Waals surface area contributed by atoms with Gasteiger partial charge in [0.25, 0.3) is 5.91 Å². The molecule has 0 saturated heterocycles. The number of nitrogens with zero attached hydrogens (tertiary/aromatic N) is 3. The molecule has 2 aromatic carbocycles. The standard InChI is InChI=1S/C20H13ClF5N3O/c21-18-14(2-1-3-15(18)20(24,25)26)19(30)28-5-4-17-16(9-28)27-10-29(17)13-7-11(22)6-12(23)8-13/h1-3,6-8,10H,4-5,9H2. The van der Waals surface area contributed by atoms with Crippen molar-refractivity contribution in [2.45, 2.75) is 19.1 Å². The van der Waals surface area contributed by atoms with E-state index in [1.54, 1.807) is 0 Å². The summed E-state index contributed by atoms with van der Waals surface area (Å²) in [6, 6.07) is 6.25. The summed E-state index contributed by atoms with van der Waals surface area (Å²) >= 11 is 5.86. The van der Waals surface area contributed by atoms with E-state index >= 15 is 0 Å². The Morgan fingerprint density at radius 3 is 2.47 bits per heavy atom. The van der Waals surface area contributed by atoms with Crippen molar-refractivity contribution in [3.8, 4) is 5.69 Å². The molecule has 0 N–H and O–H groups in total. The highest BCUT2D eigenvalue weighted by atomic mass is 35.5. The molecule has 0 saturated carbocycles. The average molecular weight is 442 g/mol. The third-order valence-electron chi connectivity index (χ3n) is 4.86. The second-order valence-corrected chi connectivity index (χ2v) is 7.16. The van der Waals surface area contributed by atoms with Gasteiger partial charge in [-0.3, -0.25) is 4.79 Å². The Kier molecular flexibility index (Phi) is 5.01. The maximum Gasteiger partial charge on any atom is 0.417 e. The van der Waals surface area contributed by atoms with Crippen LogP contribution < -0.4 is 0 Å². The van der Waals surface area contributed by atoms with Gasteiger partial charge in [-0.05, 0) is 24.3 Å². The number of halogens is 6. The lowest BCUT2D eigenvalue weighted by molar-refractivity contribution is -0.137. The van der Waals surface area contributed by atoms with Crippen molar-refractivity contribution in [1.29, 1.82) is 0 Å². The van der Waals surface area contributed by atoms with Crippen LogP contribution in [0.5, 0.6) is 0 Å². The fourth-order valence-corrected chi connectivity index (χ4v) is 3.78. The molecule has 4 nitrogen and oxygen atoms in total. The molecule has 2 heterocycles. The minimum absolute atomic E-state index is 0.0333. The third-order valence-corrected chi connectivity index (χ3v) is 5.27. The Labute approximate surface area is 172 Å². The minimum Gasteiger partial charge on any atom is -0.332 e. The van der Waals surface area contributed by atoms with Crippen LogP contribution in [0, 0.1) is 11.6 Å². The minimum atomic E-state index is -4.68. The number of aromatic nitrogens is 2. The zero-order valence-corrected chi connectivity index (χ0v) is 15.9. The molecule has 156 valence electrons. The van der Waals surface area contributed by atoms with E-state index in [4.69, 9.17) is 11.6 Å². The molecule has 30 heavy (non-hydrogen) atoms. The largest absolute Gasteiger partial charge is 0.417 e. The number of fused-ring (bicyclic) bond motifs is 1. The first kappa shape index (κ1) is 20.3.